The second-order valence-corrected chi connectivity index (χ2v) is 9.56. The van der Waals surface area contributed by atoms with Crippen LogP contribution in [0.1, 0.15) is 51.5 Å². The SMILES string of the molecule is CC1(C)C(=O)N(C2C3CC4CC(C3)CC2C4)C1Cc1ccccc1. The summed E-state index contributed by atoms with van der Waals surface area (Å²) in [7, 11) is 0. The van der Waals surface area contributed by atoms with Gasteiger partial charge in [-0.15, -0.1) is 0 Å². The summed E-state index contributed by atoms with van der Waals surface area (Å²) >= 11 is 0. The Morgan fingerprint density at radius 2 is 1.54 bits per heavy atom. The van der Waals surface area contributed by atoms with Crippen molar-refractivity contribution in [1.29, 1.82) is 0 Å². The van der Waals surface area contributed by atoms with Gasteiger partial charge in [0.05, 0.1) is 5.41 Å². The van der Waals surface area contributed by atoms with E-state index in [0.717, 1.165) is 30.1 Å². The summed E-state index contributed by atoms with van der Waals surface area (Å²) in [6.07, 6.45) is 8.05. The van der Waals surface area contributed by atoms with Gasteiger partial charge in [0.15, 0.2) is 0 Å². The number of nitrogens with zero attached hydrogens (tertiary/aromatic N) is 1. The molecular formula is C22H29NO. The van der Waals surface area contributed by atoms with Crippen LogP contribution in [0.3, 0.4) is 0 Å². The Balaban J connectivity index is 1.43. The molecule has 6 rings (SSSR count). The smallest absolute Gasteiger partial charge is 0.230 e. The van der Waals surface area contributed by atoms with Gasteiger partial charge in [-0.2, -0.15) is 0 Å². The van der Waals surface area contributed by atoms with E-state index in [0.29, 0.717) is 18.0 Å². The molecule has 0 spiro atoms. The number of carbonyl (C=O) groups is 1. The molecule has 4 bridgehead atoms. The highest BCUT2D eigenvalue weighted by molar-refractivity contribution is 5.90. The van der Waals surface area contributed by atoms with Gasteiger partial charge in [-0.25, -0.2) is 0 Å². The van der Waals surface area contributed by atoms with Gasteiger partial charge in [0, 0.05) is 12.1 Å². The summed E-state index contributed by atoms with van der Waals surface area (Å²) in [5.41, 5.74) is 1.18. The van der Waals surface area contributed by atoms with E-state index in [9.17, 15) is 4.79 Å². The monoisotopic (exact) mass is 323 g/mol. The van der Waals surface area contributed by atoms with E-state index in [4.69, 9.17) is 0 Å². The topological polar surface area (TPSA) is 20.3 Å². The lowest BCUT2D eigenvalue weighted by molar-refractivity contribution is -0.190. The van der Waals surface area contributed by atoms with Crippen molar-refractivity contribution in [2.45, 2.75) is 64.5 Å². The maximum absolute atomic E-state index is 13.0. The fourth-order valence-electron chi connectivity index (χ4n) is 6.78. The lowest BCUT2D eigenvalue weighted by atomic mass is 9.52. The zero-order chi connectivity index (χ0) is 16.5. The Labute approximate surface area is 145 Å². The van der Waals surface area contributed by atoms with Crippen molar-refractivity contribution in [3.05, 3.63) is 35.9 Å². The zero-order valence-electron chi connectivity index (χ0n) is 14.9. The fraction of sp³-hybridized carbons (Fsp3) is 0.682. The van der Waals surface area contributed by atoms with Crippen LogP contribution >= 0.6 is 0 Å². The van der Waals surface area contributed by atoms with Crippen LogP contribution in [0.25, 0.3) is 0 Å². The molecule has 0 radical (unpaired) electrons. The fourth-order valence-corrected chi connectivity index (χ4v) is 6.78. The first-order chi connectivity index (χ1) is 11.5. The molecule has 1 unspecified atom stereocenters. The largest absolute Gasteiger partial charge is 0.334 e. The average Bonchev–Trinajstić information content (AvgIpc) is 2.56. The second-order valence-electron chi connectivity index (χ2n) is 9.56. The highest BCUT2D eigenvalue weighted by Gasteiger charge is 2.61. The van der Waals surface area contributed by atoms with E-state index in [2.05, 4.69) is 49.1 Å². The van der Waals surface area contributed by atoms with Crippen molar-refractivity contribution >= 4 is 5.91 Å². The summed E-state index contributed by atoms with van der Waals surface area (Å²) < 4.78 is 0. The van der Waals surface area contributed by atoms with Crippen molar-refractivity contribution in [1.82, 2.24) is 4.90 Å². The molecule has 1 amide bonds. The number of benzene rings is 1. The Morgan fingerprint density at radius 3 is 2.12 bits per heavy atom. The first-order valence-electron chi connectivity index (χ1n) is 9.90. The molecule has 1 aromatic rings. The number of likely N-dealkylation sites (tertiary alicyclic amines) is 1. The van der Waals surface area contributed by atoms with Gasteiger partial charge < -0.3 is 4.90 Å². The molecule has 1 heterocycles. The van der Waals surface area contributed by atoms with E-state index in [1.54, 1.807) is 0 Å². The lowest BCUT2D eigenvalue weighted by Gasteiger charge is -2.64. The van der Waals surface area contributed by atoms with E-state index >= 15 is 0 Å². The van der Waals surface area contributed by atoms with Gasteiger partial charge >= 0.3 is 0 Å². The molecular weight excluding hydrogens is 294 g/mol. The molecule has 128 valence electrons. The predicted molar refractivity (Wildman–Crippen MR) is 95.4 cm³/mol. The van der Waals surface area contributed by atoms with Crippen LogP contribution in [0.4, 0.5) is 0 Å². The van der Waals surface area contributed by atoms with Crippen LogP contribution in [-0.4, -0.2) is 22.9 Å². The summed E-state index contributed by atoms with van der Waals surface area (Å²) in [4.78, 5) is 15.4. The standard InChI is InChI=1S/C22H29NO/c1-22(2)19(13-14-6-4-3-5-7-14)23(21(22)24)20-17-9-15-8-16(11-17)12-18(20)10-15/h3-7,15-20H,8-13H2,1-2H3. The highest BCUT2D eigenvalue weighted by atomic mass is 16.2. The van der Waals surface area contributed by atoms with Crippen LogP contribution in [0.5, 0.6) is 0 Å². The van der Waals surface area contributed by atoms with Crippen LogP contribution in [0.15, 0.2) is 30.3 Å². The summed E-state index contributed by atoms with van der Waals surface area (Å²) in [5, 5.41) is 0. The Morgan fingerprint density at radius 1 is 0.958 bits per heavy atom. The predicted octanol–water partition coefficient (Wildman–Crippen LogP) is 4.29. The van der Waals surface area contributed by atoms with Crippen molar-refractivity contribution in [3.8, 4) is 0 Å². The van der Waals surface area contributed by atoms with Gasteiger partial charge in [0.1, 0.15) is 0 Å². The third-order valence-corrected chi connectivity index (χ3v) is 7.72. The van der Waals surface area contributed by atoms with Gasteiger partial charge in [-0.05, 0) is 81.6 Å². The van der Waals surface area contributed by atoms with Gasteiger partial charge in [0.2, 0.25) is 5.91 Å². The van der Waals surface area contributed by atoms with E-state index in [1.165, 1.54) is 37.7 Å². The lowest BCUT2D eigenvalue weighted by Crippen LogP contribution is -2.74. The van der Waals surface area contributed by atoms with Crippen LogP contribution in [0, 0.1) is 29.1 Å². The van der Waals surface area contributed by atoms with Crippen LogP contribution in [0.2, 0.25) is 0 Å². The number of rotatable bonds is 3. The second kappa shape index (κ2) is 5.09. The van der Waals surface area contributed by atoms with Gasteiger partial charge in [0.25, 0.3) is 0 Å². The summed E-state index contributed by atoms with van der Waals surface area (Å²) in [5.74, 6) is 3.95. The molecule has 5 aliphatic rings. The molecule has 4 aliphatic carbocycles. The number of β-lactam (4-membered cyclic amide) rings is 1. The Bertz CT molecular complexity index is 621. The maximum Gasteiger partial charge on any atom is 0.230 e. The minimum atomic E-state index is -0.190. The molecule has 4 saturated carbocycles. The number of hydrogen-bond acceptors (Lipinski definition) is 1. The normalized spacial score (nSPS) is 42.2. The van der Waals surface area contributed by atoms with Gasteiger partial charge in [-0.3, -0.25) is 4.79 Å². The molecule has 1 saturated heterocycles. The number of amides is 1. The molecule has 2 heteroatoms. The number of carbonyl (C=O) groups excluding carboxylic acids is 1. The molecule has 1 atom stereocenters. The van der Waals surface area contributed by atoms with E-state index in [1.807, 2.05) is 0 Å². The first kappa shape index (κ1) is 15.0. The van der Waals surface area contributed by atoms with Crippen molar-refractivity contribution in [2.75, 3.05) is 0 Å². The van der Waals surface area contributed by atoms with Crippen molar-refractivity contribution < 1.29 is 4.79 Å². The Kier molecular flexibility index (Phi) is 3.18. The Hall–Kier alpha value is -1.31. The van der Waals surface area contributed by atoms with Crippen LogP contribution in [-0.2, 0) is 11.2 Å². The van der Waals surface area contributed by atoms with Crippen molar-refractivity contribution in [3.63, 3.8) is 0 Å². The summed E-state index contributed by atoms with van der Waals surface area (Å²) in [6, 6.07) is 11.7. The molecule has 0 aromatic heterocycles. The molecule has 1 aliphatic heterocycles. The highest BCUT2D eigenvalue weighted by Crippen LogP contribution is 2.58. The van der Waals surface area contributed by atoms with E-state index in [-0.39, 0.29) is 5.41 Å². The molecule has 5 fully saturated rings. The number of hydrogen-bond donors (Lipinski definition) is 0. The third-order valence-electron chi connectivity index (χ3n) is 7.72. The van der Waals surface area contributed by atoms with Crippen molar-refractivity contribution in [2.24, 2.45) is 29.1 Å². The maximum atomic E-state index is 13.0. The van der Waals surface area contributed by atoms with E-state index < -0.39 is 0 Å². The zero-order valence-corrected chi connectivity index (χ0v) is 14.9. The average molecular weight is 323 g/mol. The third kappa shape index (κ3) is 2.04. The van der Waals surface area contributed by atoms with Crippen LogP contribution < -0.4 is 0 Å². The quantitative estimate of drug-likeness (QED) is 0.760. The molecule has 24 heavy (non-hydrogen) atoms. The minimum absolute atomic E-state index is 0.190. The summed E-state index contributed by atoms with van der Waals surface area (Å²) in [6.45, 7) is 4.32. The first-order valence-corrected chi connectivity index (χ1v) is 9.90. The minimum Gasteiger partial charge on any atom is -0.334 e. The van der Waals surface area contributed by atoms with Gasteiger partial charge in [-0.1, -0.05) is 30.3 Å². The molecule has 0 N–H and O–H groups in total. The molecule has 1 aromatic carbocycles. The molecule has 2 nitrogen and oxygen atoms in total.